The predicted octanol–water partition coefficient (Wildman–Crippen LogP) is 3.03. The highest BCUT2D eigenvalue weighted by Crippen LogP contribution is 2.13. The summed E-state index contributed by atoms with van der Waals surface area (Å²) in [5, 5.41) is 3.52. The van der Waals surface area contributed by atoms with E-state index in [0.29, 0.717) is 0 Å². The van der Waals surface area contributed by atoms with E-state index >= 15 is 0 Å². The Balaban J connectivity index is 2.02. The fourth-order valence-corrected chi connectivity index (χ4v) is 2.66. The highest BCUT2D eigenvalue weighted by Gasteiger charge is 2.19. The number of hydrogen-bond donors (Lipinski definition) is 1. The van der Waals surface area contributed by atoms with Crippen molar-refractivity contribution in [3.05, 3.63) is 0 Å². The Bertz CT molecular complexity index is 159. The lowest BCUT2D eigenvalue weighted by molar-refractivity contribution is 0.158. The third kappa shape index (κ3) is 5.31. The van der Waals surface area contributed by atoms with Crippen molar-refractivity contribution < 1.29 is 0 Å². The molecule has 1 N–H and O–H groups in total. The van der Waals surface area contributed by atoms with E-state index in [-0.39, 0.29) is 0 Å². The molecule has 0 spiro atoms. The molecule has 0 saturated carbocycles. The summed E-state index contributed by atoms with van der Waals surface area (Å²) in [5.74, 6) is 0. The number of hydrogen-bond acceptors (Lipinski definition) is 2. The van der Waals surface area contributed by atoms with E-state index in [1.165, 1.54) is 71.1 Å². The van der Waals surface area contributed by atoms with Gasteiger partial charge in [-0.3, -0.25) is 4.90 Å². The summed E-state index contributed by atoms with van der Waals surface area (Å²) in [6.07, 6.45) is 9.92. The maximum atomic E-state index is 3.52. The number of likely N-dealkylation sites (N-methyl/N-ethyl adjacent to an activating group) is 1. The lowest BCUT2D eigenvalue weighted by atomic mass is 10.0. The largest absolute Gasteiger partial charge is 0.314 e. The molecular weight excluding hydrogens is 196 g/mol. The molecule has 1 saturated heterocycles. The Morgan fingerprint density at radius 2 is 1.81 bits per heavy atom. The highest BCUT2D eigenvalue weighted by molar-refractivity contribution is 4.78. The zero-order valence-corrected chi connectivity index (χ0v) is 11.3. The van der Waals surface area contributed by atoms with Crippen LogP contribution in [-0.4, -0.2) is 37.1 Å². The van der Waals surface area contributed by atoms with Crippen LogP contribution in [-0.2, 0) is 0 Å². The van der Waals surface area contributed by atoms with Gasteiger partial charge in [0.1, 0.15) is 0 Å². The fraction of sp³-hybridized carbons (Fsp3) is 1.00. The molecule has 0 radical (unpaired) electrons. The first-order valence-corrected chi connectivity index (χ1v) is 7.33. The van der Waals surface area contributed by atoms with Gasteiger partial charge in [-0.05, 0) is 13.0 Å². The molecule has 2 heteroatoms. The Morgan fingerprint density at radius 1 is 1.06 bits per heavy atom. The molecular formula is C14H30N2. The monoisotopic (exact) mass is 226 g/mol. The molecule has 0 aliphatic carbocycles. The van der Waals surface area contributed by atoms with Crippen LogP contribution in [0.1, 0.15) is 58.8 Å². The van der Waals surface area contributed by atoms with E-state index in [1.54, 1.807) is 0 Å². The lowest BCUT2D eigenvalue weighted by Gasteiger charge is -2.35. The van der Waals surface area contributed by atoms with Gasteiger partial charge in [0.2, 0.25) is 0 Å². The second-order valence-electron chi connectivity index (χ2n) is 5.04. The van der Waals surface area contributed by atoms with Gasteiger partial charge in [0.25, 0.3) is 0 Å². The second kappa shape index (κ2) is 9.00. The smallest absolute Gasteiger partial charge is 0.0221 e. The maximum absolute atomic E-state index is 3.52. The minimum absolute atomic E-state index is 0.810. The van der Waals surface area contributed by atoms with Crippen LogP contribution in [0.15, 0.2) is 0 Å². The molecule has 1 aliphatic heterocycles. The van der Waals surface area contributed by atoms with Gasteiger partial charge in [0.05, 0.1) is 0 Å². The average Bonchev–Trinajstić information content (AvgIpc) is 2.34. The molecule has 1 unspecified atom stereocenters. The zero-order valence-electron chi connectivity index (χ0n) is 11.3. The van der Waals surface area contributed by atoms with Crippen LogP contribution in [0.3, 0.4) is 0 Å². The molecule has 2 nitrogen and oxygen atoms in total. The lowest BCUT2D eigenvalue weighted by Crippen LogP contribution is -2.50. The quantitative estimate of drug-likeness (QED) is 0.640. The van der Waals surface area contributed by atoms with Gasteiger partial charge in [-0.25, -0.2) is 0 Å². The number of unbranched alkanes of at least 4 members (excludes halogenated alkanes) is 5. The molecule has 1 fully saturated rings. The molecule has 0 amide bonds. The normalized spacial score (nSPS) is 22.5. The van der Waals surface area contributed by atoms with Crippen LogP contribution in [0.5, 0.6) is 0 Å². The van der Waals surface area contributed by atoms with Gasteiger partial charge in [-0.2, -0.15) is 0 Å². The van der Waals surface area contributed by atoms with Gasteiger partial charge >= 0.3 is 0 Å². The van der Waals surface area contributed by atoms with Crippen LogP contribution in [0, 0.1) is 0 Å². The maximum Gasteiger partial charge on any atom is 0.0221 e. The second-order valence-corrected chi connectivity index (χ2v) is 5.04. The molecule has 1 atom stereocenters. The van der Waals surface area contributed by atoms with Gasteiger partial charge in [-0.1, -0.05) is 52.4 Å². The highest BCUT2D eigenvalue weighted by atomic mass is 15.2. The first kappa shape index (κ1) is 14.0. The summed E-state index contributed by atoms with van der Waals surface area (Å²) in [6, 6.07) is 0.810. The van der Waals surface area contributed by atoms with E-state index in [4.69, 9.17) is 0 Å². The van der Waals surface area contributed by atoms with Gasteiger partial charge in [-0.15, -0.1) is 0 Å². The Labute approximate surface area is 102 Å². The van der Waals surface area contributed by atoms with Crippen molar-refractivity contribution in [1.82, 2.24) is 10.2 Å². The van der Waals surface area contributed by atoms with E-state index in [0.717, 1.165) is 6.04 Å². The minimum Gasteiger partial charge on any atom is -0.314 e. The summed E-state index contributed by atoms with van der Waals surface area (Å²) < 4.78 is 0. The minimum atomic E-state index is 0.810. The SMILES string of the molecule is CCCCCCCCC1CNCCN1CC. The summed E-state index contributed by atoms with van der Waals surface area (Å²) in [6.45, 7) is 9.44. The number of piperazine rings is 1. The molecule has 0 aromatic heterocycles. The molecule has 0 bridgehead atoms. The zero-order chi connectivity index (χ0) is 11.6. The van der Waals surface area contributed by atoms with Crippen LogP contribution in [0.4, 0.5) is 0 Å². The molecule has 16 heavy (non-hydrogen) atoms. The van der Waals surface area contributed by atoms with Crippen molar-refractivity contribution in [3.63, 3.8) is 0 Å². The third-order valence-corrected chi connectivity index (χ3v) is 3.77. The molecule has 1 heterocycles. The molecule has 1 rings (SSSR count). The van der Waals surface area contributed by atoms with Crippen molar-refractivity contribution in [2.24, 2.45) is 0 Å². The van der Waals surface area contributed by atoms with Crippen molar-refractivity contribution in [2.45, 2.75) is 64.8 Å². The Hall–Kier alpha value is -0.0800. The fourth-order valence-electron chi connectivity index (χ4n) is 2.66. The van der Waals surface area contributed by atoms with Crippen LogP contribution >= 0.6 is 0 Å². The van der Waals surface area contributed by atoms with Gasteiger partial charge in [0.15, 0.2) is 0 Å². The third-order valence-electron chi connectivity index (χ3n) is 3.77. The molecule has 0 aromatic carbocycles. The summed E-state index contributed by atoms with van der Waals surface area (Å²) in [5.41, 5.74) is 0. The van der Waals surface area contributed by atoms with Crippen molar-refractivity contribution in [2.75, 3.05) is 26.2 Å². The molecule has 96 valence electrons. The summed E-state index contributed by atoms with van der Waals surface area (Å²) >= 11 is 0. The first-order valence-electron chi connectivity index (χ1n) is 7.33. The van der Waals surface area contributed by atoms with E-state index in [1.807, 2.05) is 0 Å². The molecule has 0 aromatic rings. The summed E-state index contributed by atoms with van der Waals surface area (Å²) in [4.78, 5) is 2.64. The Morgan fingerprint density at radius 3 is 2.56 bits per heavy atom. The van der Waals surface area contributed by atoms with E-state index in [2.05, 4.69) is 24.1 Å². The van der Waals surface area contributed by atoms with E-state index < -0.39 is 0 Å². The van der Waals surface area contributed by atoms with E-state index in [9.17, 15) is 0 Å². The summed E-state index contributed by atoms with van der Waals surface area (Å²) in [7, 11) is 0. The Kier molecular flexibility index (Phi) is 7.87. The topological polar surface area (TPSA) is 15.3 Å². The van der Waals surface area contributed by atoms with Gasteiger partial charge < -0.3 is 5.32 Å². The standard InChI is InChI=1S/C14H30N2/c1-3-5-6-7-8-9-10-14-13-15-11-12-16(14)4-2/h14-15H,3-13H2,1-2H3. The number of nitrogens with zero attached hydrogens (tertiary/aromatic N) is 1. The van der Waals surface area contributed by atoms with Crippen molar-refractivity contribution in [1.29, 1.82) is 0 Å². The number of nitrogens with one attached hydrogen (secondary N) is 1. The van der Waals surface area contributed by atoms with Crippen molar-refractivity contribution >= 4 is 0 Å². The van der Waals surface area contributed by atoms with Crippen LogP contribution in [0.2, 0.25) is 0 Å². The first-order chi connectivity index (χ1) is 7.88. The van der Waals surface area contributed by atoms with Gasteiger partial charge in [0, 0.05) is 25.7 Å². The average molecular weight is 226 g/mol. The molecule has 1 aliphatic rings. The van der Waals surface area contributed by atoms with Crippen LogP contribution < -0.4 is 5.32 Å². The van der Waals surface area contributed by atoms with Crippen LogP contribution in [0.25, 0.3) is 0 Å². The van der Waals surface area contributed by atoms with Crippen molar-refractivity contribution in [3.8, 4) is 0 Å². The number of rotatable bonds is 8. The predicted molar refractivity (Wildman–Crippen MR) is 71.9 cm³/mol.